The molecular formula is C26H43N2+. The Morgan fingerprint density at radius 1 is 0.750 bits per heavy atom. The SMILES string of the molecule is CCCCCCCCCCCCCCn1cc[n+](C(C)C)c1-c1ccccc1. The molecule has 0 saturated carbocycles. The molecule has 28 heavy (non-hydrogen) atoms. The highest BCUT2D eigenvalue weighted by Gasteiger charge is 2.20. The molecule has 0 aliphatic rings. The molecule has 1 aromatic carbocycles. The smallest absolute Gasteiger partial charge is 0.230 e. The van der Waals surface area contributed by atoms with Crippen LogP contribution >= 0.6 is 0 Å². The van der Waals surface area contributed by atoms with Crippen molar-refractivity contribution in [3.8, 4) is 11.4 Å². The molecular weight excluding hydrogens is 340 g/mol. The van der Waals surface area contributed by atoms with E-state index in [0.717, 1.165) is 6.54 Å². The number of rotatable bonds is 15. The first-order valence-corrected chi connectivity index (χ1v) is 11.9. The van der Waals surface area contributed by atoms with Gasteiger partial charge in [-0.05, 0) is 38.8 Å². The number of aryl methyl sites for hydroxylation is 1. The van der Waals surface area contributed by atoms with Crippen LogP contribution in [0.1, 0.15) is 104 Å². The highest BCUT2D eigenvalue weighted by Crippen LogP contribution is 2.19. The van der Waals surface area contributed by atoms with Crippen molar-refractivity contribution < 1.29 is 4.57 Å². The van der Waals surface area contributed by atoms with Gasteiger partial charge in [-0.15, -0.1) is 0 Å². The predicted octanol–water partition coefficient (Wildman–Crippen LogP) is 7.72. The molecule has 1 aromatic heterocycles. The van der Waals surface area contributed by atoms with E-state index in [2.05, 4.69) is 72.6 Å². The van der Waals surface area contributed by atoms with E-state index < -0.39 is 0 Å². The fourth-order valence-electron chi connectivity index (χ4n) is 4.06. The summed E-state index contributed by atoms with van der Waals surface area (Å²) in [6.07, 6.45) is 21.4. The van der Waals surface area contributed by atoms with Crippen LogP contribution in [-0.2, 0) is 6.54 Å². The average Bonchev–Trinajstić information content (AvgIpc) is 3.14. The summed E-state index contributed by atoms with van der Waals surface area (Å²) in [6.45, 7) is 7.95. The summed E-state index contributed by atoms with van der Waals surface area (Å²) in [7, 11) is 0. The Morgan fingerprint density at radius 2 is 1.29 bits per heavy atom. The van der Waals surface area contributed by atoms with Crippen LogP contribution in [0.25, 0.3) is 11.4 Å². The van der Waals surface area contributed by atoms with Crippen LogP contribution < -0.4 is 4.57 Å². The molecule has 0 bridgehead atoms. The van der Waals surface area contributed by atoms with Crippen molar-refractivity contribution in [2.45, 2.75) is 110 Å². The molecule has 0 atom stereocenters. The van der Waals surface area contributed by atoms with Gasteiger partial charge in [-0.25, -0.2) is 9.13 Å². The third kappa shape index (κ3) is 7.81. The molecule has 2 nitrogen and oxygen atoms in total. The van der Waals surface area contributed by atoms with E-state index in [9.17, 15) is 0 Å². The van der Waals surface area contributed by atoms with Crippen LogP contribution in [0.15, 0.2) is 42.7 Å². The number of imidazole rings is 1. The van der Waals surface area contributed by atoms with Gasteiger partial charge in [0.15, 0.2) is 0 Å². The van der Waals surface area contributed by atoms with Gasteiger partial charge in [0.1, 0.15) is 12.4 Å². The fourth-order valence-corrected chi connectivity index (χ4v) is 4.06. The van der Waals surface area contributed by atoms with Crippen molar-refractivity contribution in [2.75, 3.05) is 0 Å². The second-order valence-corrected chi connectivity index (χ2v) is 8.57. The summed E-state index contributed by atoms with van der Waals surface area (Å²) in [4.78, 5) is 0. The predicted molar refractivity (Wildman–Crippen MR) is 122 cm³/mol. The minimum Gasteiger partial charge on any atom is -0.230 e. The van der Waals surface area contributed by atoms with Crippen molar-refractivity contribution in [3.63, 3.8) is 0 Å². The largest absolute Gasteiger partial charge is 0.289 e. The van der Waals surface area contributed by atoms with Gasteiger partial charge in [-0.2, -0.15) is 0 Å². The van der Waals surface area contributed by atoms with Crippen molar-refractivity contribution in [3.05, 3.63) is 42.7 Å². The van der Waals surface area contributed by atoms with Crippen LogP contribution in [-0.4, -0.2) is 4.57 Å². The third-order valence-electron chi connectivity index (χ3n) is 5.76. The lowest BCUT2D eigenvalue weighted by atomic mass is 10.1. The third-order valence-corrected chi connectivity index (χ3v) is 5.76. The molecule has 0 N–H and O–H groups in total. The number of nitrogens with zero attached hydrogens (tertiary/aromatic N) is 2. The van der Waals surface area contributed by atoms with Crippen LogP contribution in [0.2, 0.25) is 0 Å². The topological polar surface area (TPSA) is 8.81 Å². The maximum Gasteiger partial charge on any atom is 0.289 e. The van der Waals surface area contributed by atoms with Crippen LogP contribution in [0, 0.1) is 0 Å². The molecule has 0 spiro atoms. The zero-order chi connectivity index (χ0) is 20.0. The zero-order valence-electron chi connectivity index (χ0n) is 18.7. The Morgan fingerprint density at radius 3 is 1.82 bits per heavy atom. The van der Waals surface area contributed by atoms with Gasteiger partial charge < -0.3 is 0 Å². The minimum atomic E-state index is 0.485. The average molecular weight is 384 g/mol. The van der Waals surface area contributed by atoms with E-state index in [1.54, 1.807) is 0 Å². The van der Waals surface area contributed by atoms with E-state index >= 15 is 0 Å². The Labute approximate surface area is 174 Å². The Bertz CT molecular complexity index is 627. The standard InChI is InChI=1S/C26H43N2/c1-4-5-6-7-8-9-10-11-12-13-14-18-21-27-22-23-28(24(2)3)26(27)25-19-16-15-17-20-25/h15-17,19-20,22-24H,4-14,18,21H2,1-3H3/q+1. The molecule has 0 aliphatic heterocycles. The highest BCUT2D eigenvalue weighted by molar-refractivity contribution is 5.52. The molecule has 0 amide bonds. The summed E-state index contributed by atoms with van der Waals surface area (Å²) >= 11 is 0. The molecule has 2 heteroatoms. The number of hydrogen-bond acceptors (Lipinski definition) is 0. The van der Waals surface area contributed by atoms with Gasteiger partial charge in [0.05, 0.1) is 18.2 Å². The molecule has 0 saturated heterocycles. The first-order chi connectivity index (χ1) is 13.7. The molecule has 0 fully saturated rings. The van der Waals surface area contributed by atoms with E-state index in [4.69, 9.17) is 0 Å². The fraction of sp³-hybridized carbons (Fsp3) is 0.654. The second kappa shape index (κ2) is 13.6. The van der Waals surface area contributed by atoms with Gasteiger partial charge in [0.2, 0.25) is 0 Å². The van der Waals surface area contributed by atoms with Gasteiger partial charge >= 0.3 is 0 Å². The lowest BCUT2D eigenvalue weighted by Gasteiger charge is -2.08. The lowest BCUT2D eigenvalue weighted by Crippen LogP contribution is -2.37. The van der Waals surface area contributed by atoms with Gasteiger partial charge in [-0.3, -0.25) is 0 Å². The molecule has 156 valence electrons. The highest BCUT2D eigenvalue weighted by atomic mass is 15.2. The number of aromatic nitrogens is 2. The van der Waals surface area contributed by atoms with E-state index in [0.29, 0.717) is 6.04 Å². The summed E-state index contributed by atoms with van der Waals surface area (Å²) in [5, 5.41) is 0. The Balaban J connectivity index is 1.66. The van der Waals surface area contributed by atoms with Crippen molar-refractivity contribution in [2.24, 2.45) is 0 Å². The maximum absolute atomic E-state index is 2.45. The number of benzene rings is 1. The second-order valence-electron chi connectivity index (χ2n) is 8.57. The number of hydrogen-bond donors (Lipinski definition) is 0. The van der Waals surface area contributed by atoms with Gasteiger partial charge in [0.25, 0.3) is 5.82 Å². The summed E-state index contributed by atoms with van der Waals surface area (Å²) < 4.78 is 4.85. The summed E-state index contributed by atoms with van der Waals surface area (Å²) in [5.74, 6) is 1.35. The molecule has 2 aromatic rings. The van der Waals surface area contributed by atoms with Crippen LogP contribution in [0.5, 0.6) is 0 Å². The van der Waals surface area contributed by atoms with Gasteiger partial charge in [0, 0.05) is 0 Å². The molecule has 0 unspecified atom stereocenters. The van der Waals surface area contributed by atoms with Crippen molar-refractivity contribution in [1.29, 1.82) is 0 Å². The van der Waals surface area contributed by atoms with E-state index in [1.807, 2.05) is 0 Å². The maximum atomic E-state index is 2.45. The first-order valence-electron chi connectivity index (χ1n) is 11.9. The number of unbranched alkanes of at least 4 members (excludes halogenated alkanes) is 11. The molecule has 2 rings (SSSR count). The summed E-state index contributed by atoms with van der Waals surface area (Å²) in [6, 6.07) is 11.3. The van der Waals surface area contributed by atoms with Gasteiger partial charge in [-0.1, -0.05) is 89.3 Å². The van der Waals surface area contributed by atoms with Crippen molar-refractivity contribution >= 4 is 0 Å². The zero-order valence-corrected chi connectivity index (χ0v) is 18.7. The Hall–Kier alpha value is -1.57. The molecule has 1 heterocycles. The Kier molecular flexibility index (Phi) is 11.0. The minimum absolute atomic E-state index is 0.485. The lowest BCUT2D eigenvalue weighted by molar-refractivity contribution is -0.705. The van der Waals surface area contributed by atoms with E-state index in [-0.39, 0.29) is 0 Å². The normalized spacial score (nSPS) is 11.4. The van der Waals surface area contributed by atoms with Crippen LogP contribution in [0.4, 0.5) is 0 Å². The van der Waals surface area contributed by atoms with Crippen molar-refractivity contribution in [1.82, 2.24) is 4.57 Å². The molecule has 0 radical (unpaired) electrons. The monoisotopic (exact) mass is 383 g/mol. The first kappa shape index (κ1) is 22.7. The van der Waals surface area contributed by atoms with Crippen LogP contribution in [0.3, 0.4) is 0 Å². The van der Waals surface area contributed by atoms with E-state index in [1.165, 1.54) is 88.4 Å². The quantitative estimate of drug-likeness (QED) is 0.220. The molecule has 0 aliphatic carbocycles. The summed E-state index contributed by atoms with van der Waals surface area (Å²) in [5.41, 5.74) is 1.32.